The highest BCUT2D eigenvalue weighted by Gasteiger charge is 2.06. The molecule has 4 N–H and O–H groups in total. The Kier molecular flexibility index (Phi) is 3.66. The maximum atomic E-state index is 13.5. The summed E-state index contributed by atoms with van der Waals surface area (Å²) < 4.78 is 13.5. The normalized spacial score (nSPS) is 10.2. The molecule has 0 heterocycles. The molecule has 1 amide bonds. The van der Waals surface area contributed by atoms with Crippen molar-refractivity contribution >= 4 is 11.6 Å². The van der Waals surface area contributed by atoms with Crippen LogP contribution in [-0.2, 0) is 6.54 Å². The van der Waals surface area contributed by atoms with Crippen LogP contribution in [0.15, 0.2) is 42.5 Å². The number of primary amides is 1. The molecule has 0 unspecified atom stereocenters. The van der Waals surface area contributed by atoms with Gasteiger partial charge in [0.15, 0.2) is 0 Å². The summed E-state index contributed by atoms with van der Waals surface area (Å²) in [6, 6.07) is 10.4. The summed E-state index contributed by atoms with van der Waals surface area (Å²) in [4.78, 5) is 11.0. The van der Waals surface area contributed by atoms with Gasteiger partial charge in [0.05, 0.1) is 5.69 Å². The molecule has 0 fully saturated rings. The van der Waals surface area contributed by atoms with Crippen LogP contribution in [0, 0.1) is 5.82 Å². The van der Waals surface area contributed by atoms with Crippen LogP contribution < -0.4 is 11.1 Å². The Morgan fingerprint density at radius 3 is 2.53 bits per heavy atom. The lowest BCUT2D eigenvalue weighted by Crippen LogP contribution is -2.12. The minimum atomic E-state index is -0.604. The molecule has 0 aliphatic rings. The van der Waals surface area contributed by atoms with Crippen molar-refractivity contribution in [2.75, 3.05) is 5.32 Å². The van der Waals surface area contributed by atoms with Crippen molar-refractivity contribution in [1.29, 1.82) is 0 Å². The second-order valence-electron chi connectivity index (χ2n) is 4.08. The van der Waals surface area contributed by atoms with E-state index in [0.29, 0.717) is 6.54 Å². The first-order chi connectivity index (χ1) is 9.06. The van der Waals surface area contributed by atoms with Gasteiger partial charge in [-0.15, -0.1) is 0 Å². The average molecular weight is 260 g/mol. The Balaban J connectivity index is 2.12. The van der Waals surface area contributed by atoms with Crippen molar-refractivity contribution < 1.29 is 14.3 Å². The number of aromatic hydroxyl groups is 1. The van der Waals surface area contributed by atoms with E-state index in [1.54, 1.807) is 24.3 Å². The summed E-state index contributed by atoms with van der Waals surface area (Å²) in [5, 5.41) is 12.0. The third-order valence-corrected chi connectivity index (χ3v) is 2.67. The molecule has 0 aliphatic carbocycles. The number of hydrogen-bond acceptors (Lipinski definition) is 3. The van der Waals surface area contributed by atoms with E-state index in [2.05, 4.69) is 5.32 Å². The predicted molar refractivity (Wildman–Crippen MR) is 70.4 cm³/mol. The zero-order valence-corrected chi connectivity index (χ0v) is 10.1. The number of hydrogen-bond donors (Lipinski definition) is 3. The first-order valence-electron chi connectivity index (χ1n) is 5.67. The van der Waals surface area contributed by atoms with Gasteiger partial charge in [-0.2, -0.15) is 0 Å². The maximum Gasteiger partial charge on any atom is 0.248 e. The SMILES string of the molecule is NC(=O)c1ccc(F)c(NCc2ccc(O)cc2)c1. The van der Waals surface area contributed by atoms with Gasteiger partial charge in [-0.1, -0.05) is 12.1 Å². The third kappa shape index (κ3) is 3.22. The molecule has 5 heteroatoms. The molecule has 2 aromatic rings. The lowest BCUT2D eigenvalue weighted by Gasteiger charge is -2.09. The molecule has 0 spiro atoms. The zero-order valence-electron chi connectivity index (χ0n) is 10.1. The highest BCUT2D eigenvalue weighted by atomic mass is 19.1. The van der Waals surface area contributed by atoms with Gasteiger partial charge in [0, 0.05) is 12.1 Å². The standard InChI is InChI=1S/C14H13FN2O2/c15-12-6-3-10(14(16)19)7-13(12)17-8-9-1-4-11(18)5-2-9/h1-7,17-18H,8H2,(H2,16,19). The summed E-state index contributed by atoms with van der Waals surface area (Å²) >= 11 is 0. The van der Waals surface area contributed by atoms with Gasteiger partial charge in [-0.05, 0) is 35.9 Å². The van der Waals surface area contributed by atoms with Crippen LogP contribution in [0.25, 0.3) is 0 Å². The first-order valence-corrected chi connectivity index (χ1v) is 5.67. The van der Waals surface area contributed by atoms with Crippen LogP contribution in [0.2, 0.25) is 0 Å². The first kappa shape index (κ1) is 12.9. The number of anilines is 1. The number of benzene rings is 2. The molecule has 0 bridgehead atoms. The van der Waals surface area contributed by atoms with E-state index >= 15 is 0 Å². The minimum Gasteiger partial charge on any atom is -0.508 e. The maximum absolute atomic E-state index is 13.5. The number of nitrogens with one attached hydrogen (secondary N) is 1. The fraction of sp³-hybridized carbons (Fsp3) is 0.0714. The van der Waals surface area contributed by atoms with Crippen LogP contribution in [0.1, 0.15) is 15.9 Å². The molecule has 0 aromatic heterocycles. The topological polar surface area (TPSA) is 75.4 Å². The van der Waals surface area contributed by atoms with E-state index in [9.17, 15) is 9.18 Å². The molecular weight excluding hydrogens is 247 g/mol. The number of phenolic OH excluding ortho intramolecular Hbond substituents is 1. The minimum absolute atomic E-state index is 0.172. The zero-order chi connectivity index (χ0) is 13.8. The highest BCUT2D eigenvalue weighted by Crippen LogP contribution is 2.17. The molecule has 2 aromatic carbocycles. The molecule has 0 radical (unpaired) electrons. The molecule has 2 rings (SSSR count). The quantitative estimate of drug-likeness (QED) is 0.789. The van der Waals surface area contributed by atoms with Crippen LogP contribution in [0.5, 0.6) is 5.75 Å². The summed E-state index contributed by atoms with van der Waals surface area (Å²) in [5.74, 6) is -0.887. The Morgan fingerprint density at radius 1 is 1.21 bits per heavy atom. The van der Waals surface area contributed by atoms with Crippen molar-refractivity contribution in [3.8, 4) is 5.75 Å². The number of nitrogens with two attached hydrogens (primary N) is 1. The van der Waals surface area contributed by atoms with E-state index in [4.69, 9.17) is 10.8 Å². The lowest BCUT2D eigenvalue weighted by molar-refractivity contribution is 0.100. The second kappa shape index (κ2) is 5.39. The number of halogens is 1. The third-order valence-electron chi connectivity index (χ3n) is 2.67. The fourth-order valence-electron chi connectivity index (χ4n) is 1.63. The van der Waals surface area contributed by atoms with Gasteiger partial charge in [-0.3, -0.25) is 4.79 Å². The van der Waals surface area contributed by atoms with Crippen LogP contribution >= 0.6 is 0 Å². The number of carbonyl (C=O) groups excluding carboxylic acids is 1. The van der Waals surface area contributed by atoms with Crippen molar-refractivity contribution in [2.45, 2.75) is 6.54 Å². The summed E-state index contributed by atoms with van der Waals surface area (Å²) in [7, 11) is 0. The van der Waals surface area contributed by atoms with E-state index in [0.717, 1.165) is 5.56 Å². The van der Waals surface area contributed by atoms with E-state index < -0.39 is 11.7 Å². The summed E-state index contributed by atoms with van der Waals surface area (Å²) in [6.45, 7) is 0.374. The lowest BCUT2D eigenvalue weighted by atomic mass is 10.1. The monoisotopic (exact) mass is 260 g/mol. The van der Waals surface area contributed by atoms with Crippen molar-refractivity contribution in [2.24, 2.45) is 5.73 Å². The summed E-state index contributed by atoms with van der Waals surface area (Å²) in [6.07, 6.45) is 0. The Bertz CT molecular complexity index is 597. The van der Waals surface area contributed by atoms with Gasteiger partial charge in [0.1, 0.15) is 11.6 Å². The number of amides is 1. The predicted octanol–water partition coefficient (Wildman–Crippen LogP) is 2.24. The highest BCUT2D eigenvalue weighted by molar-refractivity contribution is 5.93. The molecule has 0 atom stereocenters. The Hall–Kier alpha value is -2.56. The van der Waals surface area contributed by atoms with Crippen LogP contribution in [-0.4, -0.2) is 11.0 Å². The van der Waals surface area contributed by atoms with Crippen LogP contribution in [0.4, 0.5) is 10.1 Å². The molecule has 19 heavy (non-hydrogen) atoms. The van der Waals surface area contributed by atoms with Crippen molar-refractivity contribution in [3.05, 3.63) is 59.4 Å². The summed E-state index contributed by atoms with van der Waals surface area (Å²) in [5.41, 5.74) is 6.47. The molecule has 0 saturated carbocycles. The van der Waals surface area contributed by atoms with Gasteiger partial charge < -0.3 is 16.2 Å². The fourth-order valence-corrected chi connectivity index (χ4v) is 1.63. The van der Waals surface area contributed by atoms with Crippen LogP contribution in [0.3, 0.4) is 0 Å². The number of phenols is 1. The Morgan fingerprint density at radius 2 is 1.89 bits per heavy atom. The second-order valence-corrected chi connectivity index (χ2v) is 4.08. The molecule has 98 valence electrons. The molecule has 0 aliphatic heterocycles. The smallest absolute Gasteiger partial charge is 0.248 e. The Labute approximate surface area is 109 Å². The van der Waals surface area contributed by atoms with Gasteiger partial charge >= 0.3 is 0 Å². The van der Waals surface area contributed by atoms with Crippen molar-refractivity contribution in [3.63, 3.8) is 0 Å². The van der Waals surface area contributed by atoms with Crippen molar-refractivity contribution in [1.82, 2.24) is 0 Å². The molecule has 0 saturated heterocycles. The van der Waals surface area contributed by atoms with Gasteiger partial charge in [0.2, 0.25) is 5.91 Å². The number of rotatable bonds is 4. The van der Waals surface area contributed by atoms with Gasteiger partial charge in [0.25, 0.3) is 0 Å². The average Bonchev–Trinajstić information content (AvgIpc) is 2.39. The van der Waals surface area contributed by atoms with E-state index in [1.807, 2.05) is 0 Å². The molecular formula is C14H13FN2O2. The molecule has 4 nitrogen and oxygen atoms in total. The van der Waals surface area contributed by atoms with E-state index in [-0.39, 0.29) is 17.0 Å². The largest absolute Gasteiger partial charge is 0.508 e. The number of carbonyl (C=O) groups is 1. The van der Waals surface area contributed by atoms with E-state index in [1.165, 1.54) is 18.2 Å². The van der Waals surface area contributed by atoms with Gasteiger partial charge in [-0.25, -0.2) is 4.39 Å².